The second-order valence-electron chi connectivity index (χ2n) is 6.94. The van der Waals surface area contributed by atoms with Crippen molar-refractivity contribution in [3.8, 4) is 0 Å². The third kappa shape index (κ3) is 6.28. The molecular weight excluding hydrogens is 330 g/mol. The zero-order valence-electron chi connectivity index (χ0n) is 13.7. The molecule has 1 rings (SSSR count). The number of hydrogen-bond acceptors (Lipinski definition) is 2. The average molecular weight is 360 g/mol. The first kappa shape index (κ1) is 18.2. The van der Waals surface area contributed by atoms with Crippen molar-refractivity contribution >= 4 is 27.3 Å². The van der Waals surface area contributed by atoms with Crippen molar-refractivity contribution in [3.05, 3.63) is 20.8 Å². The number of thiophene rings is 1. The van der Waals surface area contributed by atoms with Crippen LogP contribution >= 0.6 is 27.3 Å². The maximum absolute atomic E-state index is 3.74. The molecule has 0 fully saturated rings. The van der Waals surface area contributed by atoms with Gasteiger partial charge in [-0.15, -0.1) is 11.3 Å². The Morgan fingerprint density at radius 3 is 2.35 bits per heavy atom. The van der Waals surface area contributed by atoms with Gasteiger partial charge in [0.15, 0.2) is 0 Å². The molecule has 116 valence electrons. The van der Waals surface area contributed by atoms with E-state index in [1.165, 1.54) is 40.8 Å². The quantitative estimate of drug-likeness (QED) is 0.597. The van der Waals surface area contributed by atoms with E-state index in [0.29, 0.717) is 5.41 Å². The minimum Gasteiger partial charge on any atom is -0.312 e. The maximum Gasteiger partial charge on any atom is 0.0701 e. The Morgan fingerprint density at radius 1 is 1.20 bits per heavy atom. The Balaban J connectivity index is 2.80. The molecule has 1 aromatic rings. The zero-order valence-corrected chi connectivity index (χ0v) is 16.1. The highest BCUT2D eigenvalue weighted by atomic mass is 79.9. The van der Waals surface area contributed by atoms with Crippen LogP contribution in [0.2, 0.25) is 0 Å². The molecule has 1 unspecified atom stereocenters. The number of nitrogens with one attached hydrogen (secondary N) is 1. The smallest absolute Gasteiger partial charge is 0.0701 e. The first-order valence-electron chi connectivity index (χ1n) is 7.79. The van der Waals surface area contributed by atoms with Crippen molar-refractivity contribution in [3.63, 3.8) is 0 Å². The van der Waals surface area contributed by atoms with Gasteiger partial charge >= 0.3 is 0 Å². The molecule has 0 saturated carbocycles. The SMILES string of the molecule is CCCCC(CC)(CNC(C)(C)C)Cc1ccc(Br)s1. The zero-order chi connectivity index (χ0) is 15.2. The van der Waals surface area contributed by atoms with Gasteiger partial charge < -0.3 is 5.32 Å². The van der Waals surface area contributed by atoms with Gasteiger partial charge in [0.05, 0.1) is 3.79 Å². The summed E-state index contributed by atoms with van der Waals surface area (Å²) in [6.07, 6.45) is 6.37. The summed E-state index contributed by atoms with van der Waals surface area (Å²) in [6, 6.07) is 4.46. The van der Waals surface area contributed by atoms with Crippen LogP contribution < -0.4 is 5.32 Å². The minimum atomic E-state index is 0.197. The molecule has 1 atom stereocenters. The van der Waals surface area contributed by atoms with Crippen LogP contribution in [0, 0.1) is 5.41 Å². The number of rotatable bonds is 8. The highest BCUT2D eigenvalue weighted by molar-refractivity contribution is 9.11. The molecule has 0 aliphatic rings. The van der Waals surface area contributed by atoms with Crippen molar-refractivity contribution in [2.75, 3.05) is 6.54 Å². The lowest BCUT2D eigenvalue weighted by Gasteiger charge is -2.36. The van der Waals surface area contributed by atoms with Crippen LogP contribution in [0.3, 0.4) is 0 Å². The van der Waals surface area contributed by atoms with Gasteiger partial charge in [-0.2, -0.15) is 0 Å². The summed E-state index contributed by atoms with van der Waals surface area (Å²) in [4.78, 5) is 1.51. The lowest BCUT2D eigenvalue weighted by Crippen LogP contribution is -2.44. The second kappa shape index (κ2) is 7.95. The Hall–Kier alpha value is 0.140. The number of halogens is 1. The lowest BCUT2D eigenvalue weighted by atomic mass is 9.76. The molecule has 0 aromatic carbocycles. The van der Waals surface area contributed by atoms with Gasteiger partial charge in [-0.25, -0.2) is 0 Å². The fourth-order valence-corrected chi connectivity index (χ4v) is 4.14. The highest BCUT2D eigenvalue weighted by Crippen LogP contribution is 2.36. The fourth-order valence-electron chi connectivity index (χ4n) is 2.49. The topological polar surface area (TPSA) is 12.0 Å². The Morgan fingerprint density at radius 2 is 1.90 bits per heavy atom. The van der Waals surface area contributed by atoms with Crippen LogP contribution in [-0.4, -0.2) is 12.1 Å². The molecule has 1 N–H and O–H groups in total. The number of unbranched alkanes of at least 4 members (excludes halogenated alkanes) is 1. The van der Waals surface area contributed by atoms with E-state index in [1.807, 2.05) is 11.3 Å². The Bertz CT molecular complexity index is 394. The molecule has 3 heteroatoms. The van der Waals surface area contributed by atoms with Crippen LogP contribution in [-0.2, 0) is 6.42 Å². The molecule has 1 heterocycles. The summed E-state index contributed by atoms with van der Waals surface area (Å²) < 4.78 is 1.25. The molecule has 1 nitrogen and oxygen atoms in total. The molecule has 0 spiro atoms. The third-order valence-corrected chi connectivity index (χ3v) is 5.61. The van der Waals surface area contributed by atoms with Gasteiger partial charge in [0.25, 0.3) is 0 Å². The summed E-state index contributed by atoms with van der Waals surface area (Å²) in [6.45, 7) is 12.5. The van der Waals surface area contributed by atoms with Crippen LogP contribution in [0.1, 0.15) is 65.2 Å². The van der Waals surface area contributed by atoms with Gasteiger partial charge in [-0.3, -0.25) is 0 Å². The van der Waals surface area contributed by atoms with Crippen LogP contribution in [0.4, 0.5) is 0 Å². The number of hydrogen-bond donors (Lipinski definition) is 1. The van der Waals surface area contributed by atoms with Crippen molar-refractivity contribution in [2.45, 2.75) is 72.3 Å². The van der Waals surface area contributed by atoms with Gasteiger partial charge in [0, 0.05) is 17.0 Å². The van der Waals surface area contributed by atoms with E-state index in [4.69, 9.17) is 0 Å². The van der Waals surface area contributed by atoms with Crippen molar-refractivity contribution in [2.24, 2.45) is 5.41 Å². The molecule has 0 radical (unpaired) electrons. The van der Waals surface area contributed by atoms with E-state index in [1.54, 1.807) is 0 Å². The molecule has 0 aliphatic heterocycles. The van der Waals surface area contributed by atoms with Crippen molar-refractivity contribution in [1.82, 2.24) is 5.32 Å². The molecular formula is C17H30BrNS. The van der Waals surface area contributed by atoms with Crippen molar-refractivity contribution in [1.29, 1.82) is 0 Å². The largest absolute Gasteiger partial charge is 0.312 e. The van der Waals surface area contributed by atoms with Crippen molar-refractivity contribution < 1.29 is 0 Å². The average Bonchev–Trinajstić information content (AvgIpc) is 2.77. The summed E-state index contributed by atoms with van der Waals surface area (Å²) in [5.74, 6) is 0. The van der Waals surface area contributed by atoms with E-state index in [2.05, 4.69) is 68.0 Å². The monoisotopic (exact) mass is 359 g/mol. The van der Waals surface area contributed by atoms with E-state index in [-0.39, 0.29) is 5.54 Å². The van der Waals surface area contributed by atoms with E-state index >= 15 is 0 Å². The maximum atomic E-state index is 3.74. The predicted octanol–water partition coefficient (Wildman–Crippen LogP) is 6.03. The molecule has 20 heavy (non-hydrogen) atoms. The standard InChI is InChI=1S/C17H30BrNS/c1-6-8-11-17(7-2,13-19-16(3,4)5)12-14-9-10-15(18)20-14/h9-10,19H,6-8,11-13H2,1-5H3. The summed E-state index contributed by atoms with van der Waals surface area (Å²) in [5.41, 5.74) is 0.594. The normalized spacial score (nSPS) is 15.3. The highest BCUT2D eigenvalue weighted by Gasteiger charge is 2.29. The second-order valence-corrected chi connectivity index (χ2v) is 9.49. The summed E-state index contributed by atoms with van der Waals surface area (Å²) >= 11 is 5.47. The van der Waals surface area contributed by atoms with E-state index in [0.717, 1.165) is 6.54 Å². The predicted molar refractivity (Wildman–Crippen MR) is 95.7 cm³/mol. The Labute approximate surface area is 137 Å². The van der Waals surface area contributed by atoms with Crippen LogP contribution in [0.15, 0.2) is 15.9 Å². The minimum absolute atomic E-state index is 0.197. The van der Waals surface area contributed by atoms with Crippen LogP contribution in [0.25, 0.3) is 0 Å². The summed E-state index contributed by atoms with van der Waals surface area (Å²) in [5, 5.41) is 3.74. The van der Waals surface area contributed by atoms with Gasteiger partial charge in [0.1, 0.15) is 0 Å². The van der Waals surface area contributed by atoms with Gasteiger partial charge in [-0.1, -0.05) is 26.7 Å². The lowest BCUT2D eigenvalue weighted by molar-refractivity contribution is 0.207. The van der Waals surface area contributed by atoms with E-state index in [9.17, 15) is 0 Å². The van der Waals surface area contributed by atoms with Gasteiger partial charge in [0.2, 0.25) is 0 Å². The molecule has 0 aliphatic carbocycles. The molecule has 0 amide bonds. The Kier molecular flexibility index (Phi) is 7.23. The van der Waals surface area contributed by atoms with Gasteiger partial charge in [-0.05, 0) is 73.5 Å². The fraction of sp³-hybridized carbons (Fsp3) is 0.765. The first-order valence-corrected chi connectivity index (χ1v) is 9.40. The summed E-state index contributed by atoms with van der Waals surface area (Å²) in [7, 11) is 0. The van der Waals surface area contributed by atoms with Crippen LogP contribution in [0.5, 0.6) is 0 Å². The molecule has 0 saturated heterocycles. The third-order valence-electron chi connectivity index (χ3n) is 3.98. The first-order chi connectivity index (χ1) is 9.30. The van der Waals surface area contributed by atoms with E-state index < -0.39 is 0 Å². The molecule has 1 aromatic heterocycles. The molecule has 0 bridgehead atoms.